The Morgan fingerprint density at radius 3 is 2.48 bits per heavy atom. The van der Waals surface area contributed by atoms with Crippen LogP contribution in [0.4, 0.5) is 0 Å². The normalized spacial score (nSPS) is 19.8. The molecule has 29 heavy (non-hydrogen) atoms. The first-order chi connectivity index (χ1) is 14.1. The highest BCUT2D eigenvalue weighted by atomic mass is 16.2. The Kier molecular flexibility index (Phi) is 5.76. The number of nitrogens with one attached hydrogen (secondary N) is 1. The van der Waals surface area contributed by atoms with Crippen LogP contribution in [0, 0.1) is 5.92 Å². The molecule has 1 fully saturated rings. The molecular weight excluding hydrogens is 360 g/mol. The summed E-state index contributed by atoms with van der Waals surface area (Å²) in [5, 5.41) is 7.74. The number of hydrogen-bond acceptors (Lipinski definition) is 3. The quantitative estimate of drug-likeness (QED) is 0.703. The van der Waals surface area contributed by atoms with Crippen LogP contribution < -0.4 is 5.32 Å². The van der Waals surface area contributed by atoms with Crippen LogP contribution in [0.5, 0.6) is 0 Å². The minimum atomic E-state index is -0.0888. The number of benzene rings is 2. The number of carbonyl (C=O) groups is 1. The van der Waals surface area contributed by atoms with Crippen LogP contribution in [0.3, 0.4) is 0 Å². The van der Waals surface area contributed by atoms with E-state index in [1.54, 1.807) is 0 Å². The van der Waals surface area contributed by atoms with E-state index in [0.717, 1.165) is 23.2 Å². The first-order valence-electron chi connectivity index (χ1n) is 10.2. The number of carbonyl (C=O) groups excluding carboxylic acids is 1. The Morgan fingerprint density at radius 2 is 1.83 bits per heavy atom. The zero-order valence-corrected chi connectivity index (χ0v) is 17.0. The van der Waals surface area contributed by atoms with Gasteiger partial charge in [0, 0.05) is 38.8 Å². The van der Waals surface area contributed by atoms with Crippen LogP contribution in [-0.2, 0) is 18.4 Å². The molecule has 1 aliphatic rings. The van der Waals surface area contributed by atoms with Crippen molar-refractivity contribution >= 4 is 5.91 Å². The van der Waals surface area contributed by atoms with E-state index in [1.165, 1.54) is 0 Å². The predicted octanol–water partition coefficient (Wildman–Crippen LogP) is 3.51. The third-order valence-electron chi connectivity index (χ3n) is 5.91. The van der Waals surface area contributed by atoms with E-state index < -0.39 is 0 Å². The van der Waals surface area contributed by atoms with Crippen molar-refractivity contribution in [3.63, 3.8) is 0 Å². The molecule has 4 rings (SSSR count). The summed E-state index contributed by atoms with van der Waals surface area (Å²) in [4.78, 5) is 15.8. The molecule has 0 radical (unpaired) electrons. The van der Waals surface area contributed by atoms with Crippen LogP contribution in [0.15, 0.2) is 73.1 Å². The number of aromatic nitrogens is 2. The number of hydrogen-bond donors (Lipinski definition) is 1. The topological polar surface area (TPSA) is 50.2 Å². The van der Waals surface area contributed by atoms with Crippen LogP contribution in [0.25, 0.3) is 0 Å². The minimum Gasteiger partial charge on any atom is -0.331 e. The number of rotatable bonds is 6. The molecule has 3 aromatic rings. The number of aryl methyl sites for hydroxylation is 1. The summed E-state index contributed by atoms with van der Waals surface area (Å²) < 4.78 is 1.81. The Labute approximate surface area is 172 Å². The molecule has 1 unspecified atom stereocenters. The van der Waals surface area contributed by atoms with Crippen molar-refractivity contribution in [3.05, 3.63) is 89.7 Å². The van der Waals surface area contributed by atoms with Gasteiger partial charge in [-0.15, -0.1) is 0 Å². The summed E-state index contributed by atoms with van der Waals surface area (Å²) in [5.74, 6) is 0.260. The van der Waals surface area contributed by atoms with E-state index in [0.29, 0.717) is 13.1 Å². The van der Waals surface area contributed by atoms with Gasteiger partial charge in [0.25, 0.3) is 0 Å². The molecule has 0 bridgehead atoms. The molecule has 1 aromatic heterocycles. The fourth-order valence-electron chi connectivity index (χ4n) is 4.23. The van der Waals surface area contributed by atoms with Gasteiger partial charge in [-0.05, 0) is 23.6 Å². The number of nitrogens with zero attached hydrogens (tertiary/aromatic N) is 3. The molecule has 0 aliphatic carbocycles. The van der Waals surface area contributed by atoms with Crippen LogP contribution in [-0.4, -0.2) is 33.7 Å². The van der Waals surface area contributed by atoms with Crippen molar-refractivity contribution in [1.82, 2.24) is 20.0 Å². The summed E-state index contributed by atoms with van der Waals surface area (Å²) in [7, 11) is 1.92. The zero-order chi connectivity index (χ0) is 20.2. The summed E-state index contributed by atoms with van der Waals surface area (Å²) in [5.41, 5.74) is 3.43. The van der Waals surface area contributed by atoms with Gasteiger partial charge in [-0.3, -0.25) is 9.48 Å². The second-order valence-electron chi connectivity index (χ2n) is 7.86. The van der Waals surface area contributed by atoms with Crippen molar-refractivity contribution in [2.45, 2.75) is 25.4 Å². The zero-order valence-electron chi connectivity index (χ0n) is 17.0. The van der Waals surface area contributed by atoms with E-state index in [-0.39, 0.29) is 23.8 Å². The molecule has 3 atom stereocenters. The Morgan fingerprint density at radius 1 is 1.14 bits per heavy atom. The highest BCUT2D eigenvalue weighted by molar-refractivity contribution is 5.81. The summed E-state index contributed by atoms with van der Waals surface area (Å²) in [6.45, 7) is 4.23. The summed E-state index contributed by atoms with van der Waals surface area (Å²) in [6, 6.07) is 20.5. The third kappa shape index (κ3) is 4.25. The second-order valence-corrected chi connectivity index (χ2v) is 7.86. The maximum Gasteiger partial charge on any atom is 0.228 e. The minimum absolute atomic E-state index is 0.000875. The lowest BCUT2D eigenvalue weighted by molar-refractivity contribution is -0.138. The standard InChI is InChI=1S/C24H28N4O/c1-18(20-11-7-4-8-12-20)28(16-19-9-5-3-6-10-19)24(29)23-15-25-14-22(23)21-13-26-27(2)17-21/h3-13,17-18,22-23,25H,14-16H2,1-2H3/t18?,22-,23+/m1/s1. The maximum atomic E-state index is 13.8. The highest BCUT2D eigenvalue weighted by Gasteiger charge is 2.38. The van der Waals surface area contributed by atoms with Gasteiger partial charge >= 0.3 is 0 Å². The average Bonchev–Trinajstić information content (AvgIpc) is 3.41. The Hall–Kier alpha value is -2.92. The fraction of sp³-hybridized carbons (Fsp3) is 0.333. The predicted molar refractivity (Wildman–Crippen MR) is 114 cm³/mol. The van der Waals surface area contributed by atoms with Gasteiger partial charge in [0.1, 0.15) is 0 Å². The first-order valence-corrected chi connectivity index (χ1v) is 10.2. The molecule has 0 spiro atoms. The van der Waals surface area contributed by atoms with Crippen LogP contribution in [0.1, 0.15) is 35.6 Å². The van der Waals surface area contributed by atoms with Gasteiger partial charge in [0.15, 0.2) is 0 Å². The monoisotopic (exact) mass is 388 g/mol. The lowest BCUT2D eigenvalue weighted by Crippen LogP contribution is -2.40. The van der Waals surface area contributed by atoms with E-state index in [4.69, 9.17) is 0 Å². The van der Waals surface area contributed by atoms with Gasteiger partial charge in [0.2, 0.25) is 5.91 Å². The molecular formula is C24H28N4O. The van der Waals surface area contributed by atoms with E-state index in [2.05, 4.69) is 41.6 Å². The molecule has 2 aromatic carbocycles. The molecule has 0 saturated carbocycles. The fourth-order valence-corrected chi connectivity index (χ4v) is 4.23. The maximum absolute atomic E-state index is 13.8. The van der Waals surface area contributed by atoms with Crippen molar-refractivity contribution in [2.75, 3.05) is 13.1 Å². The smallest absolute Gasteiger partial charge is 0.228 e. The van der Waals surface area contributed by atoms with Gasteiger partial charge in [-0.2, -0.15) is 5.10 Å². The van der Waals surface area contributed by atoms with Gasteiger partial charge in [0.05, 0.1) is 18.2 Å². The molecule has 5 heteroatoms. The Bertz CT molecular complexity index is 938. The highest BCUT2D eigenvalue weighted by Crippen LogP contribution is 2.33. The van der Waals surface area contributed by atoms with Gasteiger partial charge in [-0.25, -0.2) is 0 Å². The average molecular weight is 389 g/mol. The number of amides is 1. The van der Waals surface area contributed by atoms with E-state index >= 15 is 0 Å². The molecule has 1 amide bonds. The van der Waals surface area contributed by atoms with Crippen molar-refractivity contribution in [1.29, 1.82) is 0 Å². The van der Waals surface area contributed by atoms with E-state index in [9.17, 15) is 4.79 Å². The largest absolute Gasteiger partial charge is 0.331 e. The van der Waals surface area contributed by atoms with Crippen molar-refractivity contribution < 1.29 is 4.79 Å². The van der Waals surface area contributed by atoms with Gasteiger partial charge in [-0.1, -0.05) is 60.7 Å². The molecule has 1 aliphatic heterocycles. The molecule has 2 heterocycles. The lowest BCUT2D eigenvalue weighted by Gasteiger charge is -2.33. The van der Waals surface area contributed by atoms with Crippen molar-refractivity contribution in [2.24, 2.45) is 13.0 Å². The first kappa shape index (κ1) is 19.4. The summed E-state index contributed by atoms with van der Waals surface area (Å²) >= 11 is 0. The lowest BCUT2D eigenvalue weighted by atomic mass is 9.89. The molecule has 150 valence electrons. The van der Waals surface area contributed by atoms with Crippen molar-refractivity contribution in [3.8, 4) is 0 Å². The van der Waals surface area contributed by atoms with Crippen LogP contribution >= 0.6 is 0 Å². The second kappa shape index (κ2) is 8.62. The Balaban J connectivity index is 1.63. The van der Waals surface area contributed by atoms with Crippen LogP contribution in [0.2, 0.25) is 0 Å². The van der Waals surface area contributed by atoms with E-state index in [1.807, 2.05) is 65.4 Å². The SMILES string of the molecule is CC(c1ccccc1)N(Cc1ccccc1)C(=O)[C@H]1CNC[C@@H]1c1cnn(C)c1. The molecule has 1 N–H and O–H groups in total. The summed E-state index contributed by atoms with van der Waals surface area (Å²) in [6.07, 6.45) is 3.92. The van der Waals surface area contributed by atoms with Gasteiger partial charge < -0.3 is 10.2 Å². The molecule has 5 nitrogen and oxygen atoms in total. The third-order valence-corrected chi connectivity index (χ3v) is 5.91. The molecule has 1 saturated heterocycles.